The fourth-order valence-corrected chi connectivity index (χ4v) is 4.74. The number of methoxy groups -OCH3 is 2. The van der Waals surface area contributed by atoms with Gasteiger partial charge in [-0.25, -0.2) is 38.9 Å². The fourth-order valence-electron chi connectivity index (χ4n) is 3.81. The predicted octanol–water partition coefficient (Wildman–Crippen LogP) is 4.74. The summed E-state index contributed by atoms with van der Waals surface area (Å²) >= 11 is 1.25. The molecular formula is C27H24FN7O6S. The van der Waals surface area contributed by atoms with E-state index < -0.39 is 30.1 Å². The Hall–Kier alpha value is -5.05. The van der Waals surface area contributed by atoms with E-state index in [0.717, 1.165) is 11.1 Å². The van der Waals surface area contributed by atoms with Crippen LogP contribution < -0.4 is 14.8 Å². The average Bonchev–Trinajstić information content (AvgIpc) is 3.38. The largest absolute Gasteiger partial charge is 0.480 e. The zero-order valence-electron chi connectivity index (χ0n) is 23.0. The SMILES string of the molecule is COC(=O)c1ncc(NC(=O)OC(C)C(C)Oc2nc3sc(-c4cc(C)cc5nc(OC)cnc45)nc3cc2F)cn1. The van der Waals surface area contributed by atoms with Crippen molar-refractivity contribution >= 4 is 50.5 Å². The number of rotatable bonds is 8. The maximum absolute atomic E-state index is 15.0. The van der Waals surface area contributed by atoms with Gasteiger partial charge in [-0.2, -0.15) is 4.98 Å². The van der Waals surface area contributed by atoms with Crippen molar-refractivity contribution in [1.29, 1.82) is 0 Å². The molecule has 1 N–H and O–H groups in total. The molecule has 5 rings (SSSR count). The van der Waals surface area contributed by atoms with Crippen molar-refractivity contribution in [3.05, 3.63) is 54.0 Å². The second kappa shape index (κ2) is 11.8. The van der Waals surface area contributed by atoms with E-state index in [1.54, 1.807) is 13.8 Å². The van der Waals surface area contributed by atoms with Crippen LogP contribution in [0.4, 0.5) is 14.9 Å². The number of nitrogens with one attached hydrogen (secondary N) is 1. The van der Waals surface area contributed by atoms with Gasteiger partial charge in [0.05, 0.1) is 49.5 Å². The molecule has 0 aliphatic carbocycles. The Bertz CT molecular complexity index is 1800. The maximum Gasteiger partial charge on any atom is 0.412 e. The Labute approximate surface area is 242 Å². The Balaban J connectivity index is 1.30. The Morgan fingerprint density at radius 1 is 0.952 bits per heavy atom. The number of aromatic nitrogens is 6. The van der Waals surface area contributed by atoms with Crippen molar-refractivity contribution in [2.75, 3.05) is 19.5 Å². The van der Waals surface area contributed by atoms with Crippen molar-refractivity contribution in [2.45, 2.75) is 33.0 Å². The molecule has 0 saturated carbocycles. The number of halogens is 1. The lowest BCUT2D eigenvalue weighted by molar-refractivity contribution is 0.0379. The summed E-state index contributed by atoms with van der Waals surface area (Å²) in [5.74, 6) is -1.46. The number of fused-ring (bicyclic) bond motifs is 2. The molecule has 13 nitrogen and oxygen atoms in total. The highest BCUT2D eigenvalue weighted by Gasteiger charge is 2.23. The molecule has 0 saturated heterocycles. The van der Waals surface area contributed by atoms with Crippen molar-refractivity contribution in [2.24, 2.45) is 0 Å². The van der Waals surface area contributed by atoms with Gasteiger partial charge < -0.3 is 18.9 Å². The second-order valence-corrected chi connectivity index (χ2v) is 10.0. The predicted molar refractivity (Wildman–Crippen MR) is 150 cm³/mol. The first kappa shape index (κ1) is 28.5. The molecule has 0 spiro atoms. The van der Waals surface area contributed by atoms with Crippen LogP contribution in [0, 0.1) is 12.7 Å². The maximum atomic E-state index is 15.0. The number of anilines is 1. The monoisotopic (exact) mass is 593 g/mol. The smallest absolute Gasteiger partial charge is 0.412 e. The summed E-state index contributed by atoms with van der Waals surface area (Å²) in [6.45, 7) is 5.13. The third-order valence-corrected chi connectivity index (χ3v) is 7.03. The minimum Gasteiger partial charge on any atom is -0.480 e. The molecule has 0 aliphatic rings. The van der Waals surface area contributed by atoms with Gasteiger partial charge in [0.25, 0.3) is 5.88 Å². The number of esters is 1. The lowest BCUT2D eigenvalue weighted by Gasteiger charge is -2.21. The second-order valence-electron chi connectivity index (χ2n) is 9.06. The van der Waals surface area contributed by atoms with E-state index in [9.17, 15) is 14.0 Å². The fraction of sp³-hybridized carbons (Fsp3) is 0.259. The molecule has 1 amide bonds. The summed E-state index contributed by atoms with van der Waals surface area (Å²) in [6.07, 6.45) is 1.58. The van der Waals surface area contributed by atoms with Gasteiger partial charge in [0.15, 0.2) is 5.82 Å². The van der Waals surface area contributed by atoms with Crippen LogP contribution >= 0.6 is 11.3 Å². The van der Waals surface area contributed by atoms with Crippen LogP contribution in [0.15, 0.2) is 36.8 Å². The van der Waals surface area contributed by atoms with Gasteiger partial charge in [0, 0.05) is 11.6 Å². The van der Waals surface area contributed by atoms with Crippen LogP contribution in [0.25, 0.3) is 32.0 Å². The molecule has 4 heterocycles. The topological polar surface area (TPSA) is 160 Å². The molecule has 0 bridgehead atoms. The van der Waals surface area contributed by atoms with Crippen LogP contribution in [0.5, 0.6) is 11.8 Å². The van der Waals surface area contributed by atoms with Gasteiger partial charge in [0.1, 0.15) is 27.6 Å². The summed E-state index contributed by atoms with van der Waals surface area (Å²) in [7, 11) is 2.72. The highest BCUT2D eigenvalue weighted by molar-refractivity contribution is 7.21. The third-order valence-electron chi connectivity index (χ3n) is 6.03. The van der Waals surface area contributed by atoms with E-state index in [4.69, 9.17) is 14.2 Å². The molecule has 0 fully saturated rings. The summed E-state index contributed by atoms with van der Waals surface area (Å²) in [6, 6.07) is 5.07. The molecule has 2 unspecified atom stereocenters. The highest BCUT2D eigenvalue weighted by atomic mass is 32.1. The van der Waals surface area contributed by atoms with Crippen molar-refractivity contribution in [1.82, 2.24) is 29.9 Å². The van der Waals surface area contributed by atoms with Crippen LogP contribution in [-0.4, -0.2) is 68.4 Å². The Morgan fingerprint density at radius 3 is 2.43 bits per heavy atom. The first-order valence-corrected chi connectivity index (χ1v) is 13.3. The van der Waals surface area contributed by atoms with Gasteiger partial charge in [-0.1, -0.05) is 11.3 Å². The normalized spacial score (nSPS) is 12.5. The summed E-state index contributed by atoms with van der Waals surface area (Å²) in [5, 5.41) is 3.04. The number of pyridine rings is 1. The molecule has 15 heteroatoms. The number of carbonyl (C=O) groups excluding carboxylic acids is 2. The number of carbonyl (C=O) groups is 2. The van der Waals surface area contributed by atoms with Crippen molar-refractivity contribution in [3.8, 4) is 22.3 Å². The van der Waals surface area contributed by atoms with Gasteiger partial charge in [-0.05, 0) is 38.5 Å². The van der Waals surface area contributed by atoms with E-state index >= 15 is 0 Å². The number of nitrogens with zero attached hydrogens (tertiary/aromatic N) is 6. The molecular weight excluding hydrogens is 569 g/mol. The Morgan fingerprint density at radius 2 is 1.71 bits per heavy atom. The van der Waals surface area contributed by atoms with Crippen molar-refractivity contribution in [3.63, 3.8) is 0 Å². The van der Waals surface area contributed by atoms with Gasteiger partial charge in [-0.15, -0.1) is 0 Å². The van der Waals surface area contributed by atoms with E-state index in [-0.39, 0.29) is 17.4 Å². The van der Waals surface area contributed by atoms with E-state index in [1.165, 1.54) is 50.2 Å². The molecule has 1 aromatic carbocycles. The molecule has 4 aromatic heterocycles. The van der Waals surface area contributed by atoms with Gasteiger partial charge in [-0.3, -0.25) is 5.32 Å². The zero-order valence-corrected chi connectivity index (χ0v) is 23.9. The number of ether oxygens (including phenoxy) is 4. The van der Waals surface area contributed by atoms with Crippen molar-refractivity contribution < 1.29 is 32.9 Å². The van der Waals surface area contributed by atoms with E-state index in [2.05, 4.69) is 40.0 Å². The summed E-state index contributed by atoms with van der Waals surface area (Å²) in [5.41, 5.74) is 3.50. The lowest BCUT2D eigenvalue weighted by atomic mass is 10.1. The molecule has 42 heavy (non-hydrogen) atoms. The number of amides is 1. The third kappa shape index (κ3) is 6.00. The molecule has 0 aliphatic heterocycles. The highest BCUT2D eigenvalue weighted by Crippen LogP contribution is 2.35. The number of aryl methyl sites for hydroxylation is 1. The number of hydrogen-bond donors (Lipinski definition) is 1. The number of thiazole rings is 1. The first-order chi connectivity index (χ1) is 20.1. The standard InChI is InChI=1S/C27H24FN7O6S/c1-12-6-16(21-18(7-12)33-20(38-4)11-29-21)24-34-19-8-17(28)23(35-25(19)42-24)40-13(2)14(3)41-27(37)32-15-9-30-22(31-10-15)26(36)39-5/h6-11,13-14H,1-5H3,(H,32,37). The lowest BCUT2D eigenvalue weighted by Crippen LogP contribution is -2.33. The Kier molecular flexibility index (Phi) is 8.01. The zero-order chi connectivity index (χ0) is 30.0. The first-order valence-electron chi connectivity index (χ1n) is 12.5. The summed E-state index contributed by atoms with van der Waals surface area (Å²) in [4.78, 5) is 49.7. The number of benzene rings is 1. The molecule has 216 valence electrons. The van der Waals surface area contributed by atoms with Crippen LogP contribution in [0.2, 0.25) is 0 Å². The number of hydrogen-bond acceptors (Lipinski definition) is 13. The minimum absolute atomic E-state index is 0.159. The van der Waals surface area contributed by atoms with Crippen LogP contribution in [-0.2, 0) is 9.47 Å². The van der Waals surface area contributed by atoms with E-state index in [0.29, 0.717) is 32.3 Å². The quantitative estimate of drug-likeness (QED) is 0.247. The minimum atomic E-state index is -0.825. The van der Waals surface area contributed by atoms with Gasteiger partial charge in [0.2, 0.25) is 11.7 Å². The van der Waals surface area contributed by atoms with E-state index in [1.807, 2.05) is 19.1 Å². The van der Waals surface area contributed by atoms with Gasteiger partial charge >= 0.3 is 12.1 Å². The summed E-state index contributed by atoms with van der Waals surface area (Å²) < 4.78 is 35.8. The van der Waals surface area contributed by atoms with Crippen LogP contribution in [0.1, 0.15) is 30.0 Å². The van der Waals surface area contributed by atoms with Crippen LogP contribution in [0.3, 0.4) is 0 Å². The molecule has 0 radical (unpaired) electrons. The average molecular weight is 594 g/mol. The molecule has 2 atom stereocenters. The molecule has 5 aromatic rings.